The van der Waals surface area contributed by atoms with Gasteiger partial charge in [0.05, 0.1) is 4.87 Å². The van der Waals surface area contributed by atoms with Gasteiger partial charge in [0.1, 0.15) is 6.04 Å². The summed E-state index contributed by atoms with van der Waals surface area (Å²) >= 11 is 1.72. The molecule has 0 spiro atoms. The smallest absolute Gasteiger partial charge is 0.243 e. The zero-order chi connectivity index (χ0) is 15.0. The second-order valence-electron chi connectivity index (χ2n) is 6.64. The predicted molar refractivity (Wildman–Crippen MR) is 81.7 cm³/mol. The molecular weight excluding hydrogens is 288 g/mol. The summed E-state index contributed by atoms with van der Waals surface area (Å²) in [5, 5.41) is 12.4. The Bertz CT molecular complexity index is 445. The first kappa shape index (κ1) is 15.2. The summed E-state index contributed by atoms with van der Waals surface area (Å²) in [6.07, 6.45) is 4.66. The van der Waals surface area contributed by atoms with Crippen LogP contribution in [-0.2, 0) is 9.59 Å². The van der Waals surface area contributed by atoms with Crippen molar-refractivity contribution in [2.75, 3.05) is 18.9 Å². The van der Waals surface area contributed by atoms with E-state index in [2.05, 4.69) is 12.2 Å². The van der Waals surface area contributed by atoms with E-state index in [4.69, 9.17) is 0 Å². The van der Waals surface area contributed by atoms with Gasteiger partial charge in [0.25, 0.3) is 0 Å². The highest BCUT2D eigenvalue weighted by atomic mass is 32.2. The first-order chi connectivity index (χ1) is 10.0. The topological polar surface area (TPSA) is 69.6 Å². The van der Waals surface area contributed by atoms with Crippen LogP contribution in [0.15, 0.2) is 0 Å². The maximum atomic E-state index is 12.4. The fraction of sp³-hybridized carbons (Fsp3) is 0.867. The summed E-state index contributed by atoms with van der Waals surface area (Å²) in [5.74, 6) is 1.49. The van der Waals surface area contributed by atoms with E-state index in [0.717, 1.165) is 25.7 Å². The Kier molecular flexibility index (Phi) is 4.19. The highest BCUT2D eigenvalue weighted by molar-refractivity contribution is 8.01. The Hall–Kier alpha value is -0.750. The summed E-state index contributed by atoms with van der Waals surface area (Å²) in [5.41, 5.74) is 0. The normalized spacial score (nSPS) is 38.9. The van der Waals surface area contributed by atoms with E-state index < -0.39 is 0 Å². The van der Waals surface area contributed by atoms with Crippen LogP contribution in [0.4, 0.5) is 0 Å². The molecule has 3 rings (SSSR count). The Balaban J connectivity index is 1.57. The molecule has 3 fully saturated rings. The van der Waals surface area contributed by atoms with Crippen molar-refractivity contribution in [1.29, 1.82) is 0 Å². The van der Waals surface area contributed by atoms with Gasteiger partial charge in [0, 0.05) is 25.3 Å². The average Bonchev–Trinajstić information content (AvgIpc) is 3.12. The van der Waals surface area contributed by atoms with Crippen molar-refractivity contribution in [3.8, 4) is 0 Å². The van der Waals surface area contributed by atoms with E-state index >= 15 is 0 Å². The van der Waals surface area contributed by atoms with Gasteiger partial charge in [0.15, 0.2) is 0 Å². The van der Waals surface area contributed by atoms with Gasteiger partial charge in [0.2, 0.25) is 11.8 Å². The van der Waals surface area contributed by atoms with E-state index in [1.807, 2.05) is 0 Å². The summed E-state index contributed by atoms with van der Waals surface area (Å²) in [7, 11) is 0. The Labute approximate surface area is 129 Å². The minimum absolute atomic E-state index is 0.0231. The number of thioether (sulfide) groups is 1. The molecule has 1 aliphatic carbocycles. The summed E-state index contributed by atoms with van der Waals surface area (Å²) in [4.78, 5) is 26.1. The van der Waals surface area contributed by atoms with Crippen molar-refractivity contribution in [2.24, 2.45) is 11.8 Å². The molecule has 3 aliphatic rings. The fourth-order valence-electron chi connectivity index (χ4n) is 3.99. The number of aliphatic hydroxyl groups excluding tert-OH is 1. The molecule has 2 saturated heterocycles. The molecule has 0 radical (unpaired) electrons. The average molecular weight is 312 g/mol. The third-order valence-corrected chi connectivity index (χ3v) is 6.84. The predicted octanol–water partition coefficient (Wildman–Crippen LogP) is 0.965. The number of hydrogen-bond acceptors (Lipinski definition) is 4. The molecule has 2 aliphatic heterocycles. The van der Waals surface area contributed by atoms with Crippen LogP contribution in [0.3, 0.4) is 0 Å². The number of nitrogens with zero attached hydrogens (tertiary/aromatic N) is 1. The third kappa shape index (κ3) is 2.68. The number of carbonyl (C=O) groups is 2. The van der Waals surface area contributed by atoms with E-state index in [0.29, 0.717) is 30.6 Å². The molecule has 6 heteroatoms. The van der Waals surface area contributed by atoms with Gasteiger partial charge in [-0.2, -0.15) is 0 Å². The lowest BCUT2D eigenvalue weighted by Crippen LogP contribution is -2.50. The fourth-order valence-corrected chi connectivity index (χ4v) is 5.42. The highest BCUT2D eigenvalue weighted by Crippen LogP contribution is 2.47. The van der Waals surface area contributed by atoms with E-state index in [1.165, 1.54) is 0 Å². The lowest BCUT2D eigenvalue weighted by Gasteiger charge is -2.30. The largest absolute Gasteiger partial charge is 0.396 e. The van der Waals surface area contributed by atoms with Crippen LogP contribution in [0, 0.1) is 11.8 Å². The minimum Gasteiger partial charge on any atom is -0.396 e. The summed E-state index contributed by atoms with van der Waals surface area (Å²) in [6.45, 7) is 2.90. The van der Waals surface area contributed by atoms with Gasteiger partial charge in [-0.1, -0.05) is 6.42 Å². The molecule has 0 bridgehead atoms. The molecule has 4 unspecified atom stereocenters. The lowest BCUT2D eigenvalue weighted by molar-refractivity contribution is -0.138. The van der Waals surface area contributed by atoms with Crippen molar-refractivity contribution in [2.45, 2.75) is 49.9 Å². The van der Waals surface area contributed by atoms with Crippen LogP contribution >= 0.6 is 11.8 Å². The zero-order valence-corrected chi connectivity index (χ0v) is 13.3. The van der Waals surface area contributed by atoms with Gasteiger partial charge in [-0.15, -0.1) is 11.8 Å². The zero-order valence-electron chi connectivity index (χ0n) is 12.5. The number of fused-ring (bicyclic) bond motifs is 1. The van der Waals surface area contributed by atoms with Crippen molar-refractivity contribution in [3.63, 3.8) is 0 Å². The summed E-state index contributed by atoms with van der Waals surface area (Å²) < 4.78 is 0. The number of amides is 2. The maximum absolute atomic E-state index is 12.4. The van der Waals surface area contributed by atoms with Crippen molar-refractivity contribution in [1.82, 2.24) is 10.2 Å². The van der Waals surface area contributed by atoms with Gasteiger partial charge < -0.3 is 15.3 Å². The SMILES string of the molecule is CC12CCC(=O)N1C(C(=O)NCC1CCCC1CO)CS2. The van der Waals surface area contributed by atoms with E-state index in [1.54, 1.807) is 16.7 Å². The molecule has 21 heavy (non-hydrogen) atoms. The molecule has 5 nitrogen and oxygen atoms in total. The molecule has 0 aromatic carbocycles. The molecule has 2 amide bonds. The second kappa shape index (κ2) is 5.80. The quantitative estimate of drug-likeness (QED) is 0.811. The van der Waals surface area contributed by atoms with Crippen molar-refractivity contribution >= 4 is 23.6 Å². The van der Waals surface area contributed by atoms with Gasteiger partial charge in [-0.05, 0) is 38.0 Å². The highest BCUT2D eigenvalue weighted by Gasteiger charge is 2.52. The van der Waals surface area contributed by atoms with Crippen LogP contribution in [0.5, 0.6) is 0 Å². The first-order valence-corrected chi connectivity index (χ1v) is 8.88. The van der Waals surface area contributed by atoms with Crippen LogP contribution in [0.25, 0.3) is 0 Å². The monoisotopic (exact) mass is 312 g/mol. The van der Waals surface area contributed by atoms with E-state index in [-0.39, 0.29) is 29.3 Å². The standard InChI is InChI=1S/C15H24N2O3S/c1-15-6-5-13(19)17(15)12(9-21-15)14(20)16-7-10-3-2-4-11(10)8-18/h10-12,18H,2-9H2,1H3,(H,16,20). The van der Waals surface area contributed by atoms with Gasteiger partial charge in [-0.3, -0.25) is 9.59 Å². The molecular formula is C15H24N2O3S. The summed E-state index contributed by atoms with van der Waals surface area (Å²) in [6, 6.07) is -0.316. The van der Waals surface area contributed by atoms with Crippen LogP contribution < -0.4 is 5.32 Å². The Morgan fingerprint density at radius 3 is 3.00 bits per heavy atom. The van der Waals surface area contributed by atoms with E-state index in [9.17, 15) is 14.7 Å². The van der Waals surface area contributed by atoms with Crippen LogP contribution in [0.1, 0.15) is 39.0 Å². The molecule has 2 heterocycles. The Morgan fingerprint density at radius 1 is 1.48 bits per heavy atom. The number of hydrogen-bond donors (Lipinski definition) is 2. The molecule has 118 valence electrons. The van der Waals surface area contributed by atoms with Crippen molar-refractivity contribution < 1.29 is 14.7 Å². The third-order valence-electron chi connectivity index (χ3n) is 5.34. The maximum Gasteiger partial charge on any atom is 0.243 e. The number of nitrogens with one attached hydrogen (secondary N) is 1. The number of rotatable bonds is 4. The van der Waals surface area contributed by atoms with Crippen LogP contribution in [0.2, 0.25) is 0 Å². The molecule has 4 atom stereocenters. The van der Waals surface area contributed by atoms with Crippen molar-refractivity contribution in [3.05, 3.63) is 0 Å². The lowest BCUT2D eigenvalue weighted by atomic mass is 9.97. The minimum atomic E-state index is -0.316. The number of aliphatic hydroxyl groups is 1. The molecule has 1 saturated carbocycles. The molecule has 0 aromatic rings. The van der Waals surface area contributed by atoms with Crippen LogP contribution in [-0.4, -0.2) is 51.6 Å². The van der Waals surface area contributed by atoms with Gasteiger partial charge in [-0.25, -0.2) is 0 Å². The Morgan fingerprint density at radius 2 is 2.24 bits per heavy atom. The second-order valence-corrected chi connectivity index (χ2v) is 8.15. The molecule has 2 N–H and O–H groups in total. The first-order valence-electron chi connectivity index (χ1n) is 7.90. The number of carbonyl (C=O) groups excluding carboxylic acids is 2. The van der Waals surface area contributed by atoms with Gasteiger partial charge >= 0.3 is 0 Å². The molecule has 0 aromatic heterocycles.